The van der Waals surface area contributed by atoms with E-state index < -0.39 is 0 Å². The van der Waals surface area contributed by atoms with Crippen molar-refractivity contribution in [1.29, 1.82) is 0 Å². The number of thiocarbonyl (C=S) groups is 1. The lowest BCUT2D eigenvalue weighted by Gasteiger charge is -2.24. The minimum atomic E-state index is -0.287. The molecule has 0 unspecified atom stereocenters. The quantitative estimate of drug-likeness (QED) is 0.601. The van der Waals surface area contributed by atoms with Gasteiger partial charge in [-0.1, -0.05) is 54.6 Å². The fourth-order valence-electron chi connectivity index (χ4n) is 3.32. The van der Waals surface area contributed by atoms with Crippen molar-refractivity contribution >= 4 is 40.0 Å². The SMILES string of the molecule is Cn1c(=O)c(C2=C[C@H](C=Cc3ccccc3)NC(=S)N2)c(O)c2ccccc21. The Morgan fingerprint density at radius 1 is 1.11 bits per heavy atom. The lowest BCUT2D eigenvalue weighted by molar-refractivity contribution is 0.477. The van der Waals surface area contributed by atoms with Gasteiger partial charge in [0.05, 0.1) is 17.3 Å². The molecule has 4 rings (SSSR count). The molecule has 2 heterocycles. The first-order valence-corrected chi connectivity index (χ1v) is 9.29. The first-order valence-electron chi connectivity index (χ1n) is 8.88. The number of nitrogens with one attached hydrogen (secondary N) is 2. The Morgan fingerprint density at radius 3 is 2.61 bits per heavy atom. The van der Waals surface area contributed by atoms with Crippen molar-refractivity contribution in [1.82, 2.24) is 15.2 Å². The highest BCUT2D eigenvalue weighted by molar-refractivity contribution is 7.80. The molecule has 1 aliphatic rings. The monoisotopic (exact) mass is 389 g/mol. The lowest BCUT2D eigenvalue weighted by atomic mass is 10.0. The number of hydrogen-bond acceptors (Lipinski definition) is 3. The van der Waals surface area contributed by atoms with E-state index in [0.717, 1.165) is 5.56 Å². The molecule has 140 valence electrons. The Hall–Kier alpha value is -3.38. The van der Waals surface area contributed by atoms with Crippen LogP contribution in [0.3, 0.4) is 0 Å². The van der Waals surface area contributed by atoms with E-state index in [-0.39, 0.29) is 22.9 Å². The minimum Gasteiger partial charge on any atom is -0.506 e. The largest absolute Gasteiger partial charge is 0.506 e. The van der Waals surface area contributed by atoms with Crippen molar-refractivity contribution in [3.63, 3.8) is 0 Å². The maximum Gasteiger partial charge on any atom is 0.263 e. The van der Waals surface area contributed by atoms with Crippen molar-refractivity contribution in [3.05, 3.63) is 88.2 Å². The molecule has 0 amide bonds. The van der Waals surface area contributed by atoms with Crippen molar-refractivity contribution in [2.75, 3.05) is 0 Å². The van der Waals surface area contributed by atoms with Crippen LogP contribution in [0.25, 0.3) is 22.7 Å². The molecule has 0 fully saturated rings. The van der Waals surface area contributed by atoms with Crippen LogP contribution in [0, 0.1) is 0 Å². The van der Waals surface area contributed by atoms with Crippen LogP contribution in [0.15, 0.2) is 71.5 Å². The topological polar surface area (TPSA) is 66.3 Å². The molecule has 0 bridgehead atoms. The van der Waals surface area contributed by atoms with E-state index in [1.165, 1.54) is 4.57 Å². The Morgan fingerprint density at radius 2 is 1.82 bits per heavy atom. The molecule has 2 aromatic carbocycles. The fourth-order valence-corrected chi connectivity index (χ4v) is 3.57. The summed E-state index contributed by atoms with van der Waals surface area (Å²) in [7, 11) is 1.69. The van der Waals surface area contributed by atoms with Gasteiger partial charge < -0.3 is 20.3 Å². The fraction of sp³-hybridized carbons (Fsp3) is 0.0909. The van der Waals surface area contributed by atoms with Gasteiger partial charge >= 0.3 is 0 Å². The highest BCUT2D eigenvalue weighted by Gasteiger charge is 2.22. The second-order valence-electron chi connectivity index (χ2n) is 6.58. The predicted molar refractivity (Wildman–Crippen MR) is 117 cm³/mol. The van der Waals surface area contributed by atoms with Gasteiger partial charge in [0, 0.05) is 12.4 Å². The van der Waals surface area contributed by atoms with Crippen molar-refractivity contribution in [3.8, 4) is 5.75 Å². The Balaban J connectivity index is 1.80. The van der Waals surface area contributed by atoms with Gasteiger partial charge in [-0.3, -0.25) is 4.79 Å². The van der Waals surface area contributed by atoms with Gasteiger partial charge in [0.1, 0.15) is 11.3 Å². The molecule has 3 aromatic rings. The normalized spacial score (nSPS) is 16.7. The number of nitrogens with zero attached hydrogens (tertiary/aromatic N) is 1. The second kappa shape index (κ2) is 7.32. The lowest BCUT2D eigenvalue weighted by Crippen LogP contribution is -2.45. The molecule has 0 saturated carbocycles. The number of benzene rings is 2. The Kier molecular flexibility index (Phi) is 4.71. The summed E-state index contributed by atoms with van der Waals surface area (Å²) >= 11 is 5.32. The van der Waals surface area contributed by atoms with E-state index in [1.54, 1.807) is 19.2 Å². The van der Waals surface area contributed by atoms with Gasteiger partial charge in [-0.25, -0.2) is 0 Å². The molecular weight excluding hydrogens is 370 g/mol. The molecular formula is C22H19N3O2S. The molecule has 1 aliphatic heterocycles. The predicted octanol–water partition coefficient (Wildman–Crippen LogP) is 3.14. The summed E-state index contributed by atoms with van der Waals surface area (Å²) in [5.41, 5.74) is 2.16. The molecule has 1 atom stereocenters. The van der Waals surface area contributed by atoms with Crippen molar-refractivity contribution in [2.45, 2.75) is 6.04 Å². The Labute approximate surface area is 167 Å². The smallest absolute Gasteiger partial charge is 0.263 e. The van der Waals surface area contributed by atoms with E-state index in [9.17, 15) is 9.90 Å². The first kappa shape index (κ1) is 18.0. The average Bonchev–Trinajstić information content (AvgIpc) is 2.71. The standard InChI is InChI=1S/C22H19N3O2S/c1-25-18-10-6-5-9-16(18)20(26)19(21(25)27)17-13-15(23-22(28)24-17)12-11-14-7-3-2-4-8-14/h2-13,15,26H,1H3,(H2,23,24,28)/t15-/m0/s1. The van der Waals surface area contributed by atoms with E-state index in [4.69, 9.17) is 12.2 Å². The molecule has 6 heteroatoms. The summed E-state index contributed by atoms with van der Waals surface area (Å²) in [5.74, 6) is -0.0482. The number of aromatic hydroxyl groups is 1. The van der Waals surface area contributed by atoms with E-state index in [2.05, 4.69) is 10.6 Å². The number of hydrogen-bond donors (Lipinski definition) is 3. The van der Waals surface area contributed by atoms with Gasteiger partial charge in [-0.2, -0.15) is 0 Å². The maximum atomic E-state index is 12.9. The maximum absolute atomic E-state index is 12.9. The summed E-state index contributed by atoms with van der Waals surface area (Å²) in [5, 5.41) is 18.0. The molecule has 28 heavy (non-hydrogen) atoms. The van der Waals surface area contributed by atoms with Crippen molar-refractivity contribution < 1.29 is 5.11 Å². The van der Waals surface area contributed by atoms with E-state index >= 15 is 0 Å². The highest BCUT2D eigenvalue weighted by atomic mass is 32.1. The number of aromatic nitrogens is 1. The first-order chi connectivity index (χ1) is 13.5. The second-order valence-corrected chi connectivity index (χ2v) is 6.99. The van der Waals surface area contributed by atoms with Crippen LogP contribution in [0.5, 0.6) is 5.75 Å². The zero-order valence-electron chi connectivity index (χ0n) is 15.2. The van der Waals surface area contributed by atoms with Gasteiger partial charge in [0.15, 0.2) is 5.11 Å². The zero-order chi connectivity index (χ0) is 19.7. The molecule has 0 radical (unpaired) electrons. The number of para-hydroxylation sites is 1. The summed E-state index contributed by atoms with van der Waals surface area (Å²) in [6.45, 7) is 0. The van der Waals surface area contributed by atoms with Gasteiger partial charge in [0.25, 0.3) is 5.56 Å². The third-order valence-corrected chi connectivity index (χ3v) is 4.95. The van der Waals surface area contributed by atoms with Crippen LogP contribution in [0.4, 0.5) is 0 Å². The van der Waals surface area contributed by atoms with Gasteiger partial charge in [-0.05, 0) is 36.0 Å². The third-order valence-electron chi connectivity index (χ3n) is 4.73. The summed E-state index contributed by atoms with van der Waals surface area (Å²) < 4.78 is 1.53. The van der Waals surface area contributed by atoms with Crippen LogP contribution in [0.1, 0.15) is 11.1 Å². The van der Waals surface area contributed by atoms with Crippen LogP contribution >= 0.6 is 12.2 Å². The number of rotatable bonds is 3. The Bertz CT molecular complexity index is 1180. The summed E-state index contributed by atoms with van der Waals surface area (Å²) in [4.78, 5) is 12.9. The van der Waals surface area contributed by atoms with E-state index in [0.29, 0.717) is 21.7 Å². The molecule has 0 spiro atoms. The van der Waals surface area contributed by atoms with E-state index in [1.807, 2.05) is 60.7 Å². The molecule has 3 N–H and O–H groups in total. The van der Waals surface area contributed by atoms with Crippen molar-refractivity contribution in [2.24, 2.45) is 7.05 Å². The van der Waals surface area contributed by atoms with Crippen LogP contribution < -0.4 is 16.2 Å². The molecule has 0 aliphatic carbocycles. The minimum absolute atomic E-state index is 0.0482. The van der Waals surface area contributed by atoms with Gasteiger partial charge in [-0.15, -0.1) is 0 Å². The van der Waals surface area contributed by atoms with Crippen LogP contribution in [-0.4, -0.2) is 20.8 Å². The molecule has 0 saturated heterocycles. The third kappa shape index (κ3) is 3.30. The van der Waals surface area contributed by atoms with Gasteiger partial charge in [0.2, 0.25) is 0 Å². The van der Waals surface area contributed by atoms with Crippen LogP contribution in [-0.2, 0) is 7.05 Å². The average molecular weight is 389 g/mol. The molecule has 1 aromatic heterocycles. The number of fused-ring (bicyclic) bond motifs is 1. The number of aryl methyl sites for hydroxylation is 1. The highest BCUT2D eigenvalue weighted by Crippen LogP contribution is 2.30. The summed E-state index contributed by atoms with van der Waals surface area (Å²) in [6.07, 6.45) is 5.80. The zero-order valence-corrected chi connectivity index (χ0v) is 16.0. The summed E-state index contributed by atoms with van der Waals surface area (Å²) in [6, 6.07) is 17.0. The van der Waals surface area contributed by atoms with Crippen LogP contribution in [0.2, 0.25) is 0 Å². The molecule has 5 nitrogen and oxygen atoms in total. The number of pyridine rings is 1.